The minimum absolute atomic E-state index is 0.211. The lowest BCUT2D eigenvalue weighted by molar-refractivity contribution is 0.0977. The third-order valence-corrected chi connectivity index (χ3v) is 5.55. The molecule has 2 N–H and O–H groups in total. The molecule has 31 heavy (non-hydrogen) atoms. The maximum Gasteiger partial charge on any atom is 0.257 e. The molecule has 0 spiro atoms. The zero-order valence-electron chi connectivity index (χ0n) is 17.0. The van der Waals surface area contributed by atoms with Gasteiger partial charge in [-0.3, -0.25) is 10.1 Å². The second-order valence-corrected chi connectivity index (χ2v) is 7.88. The molecule has 158 valence electrons. The quantitative estimate of drug-likeness (QED) is 0.428. The van der Waals surface area contributed by atoms with Crippen LogP contribution in [-0.2, 0) is 6.42 Å². The summed E-state index contributed by atoms with van der Waals surface area (Å²) in [4.78, 5) is 13.2. The molecular weight excluding hydrogens is 432 g/mol. The molecular formula is C21H20N6O2S2. The van der Waals surface area contributed by atoms with E-state index in [9.17, 15) is 4.79 Å². The lowest BCUT2D eigenvalue weighted by Gasteiger charge is -2.10. The molecule has 8 nitrogen and oxygen atoms in total. The van der Waals surface area contributed by atoms with Gasteiger partial charge in [0, 0.05) is 23.2 Å². The Labute approximate surface area is 188 Å². The van der Waals surface area contributed by atoms with Gasteiger partial charge in [0.2, 0.25) is 4.96 Å². The highest BCUT2D eigenvalue weighted by Gasteiger charge is 2.13. The summed E-state index contributed by atoms with van der Waals surface area (Å²) in [6.07, 6.45) is 0.758. The average Bonchev–Trinajstić information content (AvgIpc) is 3.35. The highest BCUT2D eigenvalue weighted by molar-refractivity contribution is 7.80. The van der Waals surface area contributed by atoms with Crippen LogP contribution in [0, 0.1) is 0 Å². The third kappa shape index (κ3) is 4.70. The smallest absolute Gasteiger partial charge is 0.257 e. The van der Waals surface area contributed by atoms with Crippen LogP contribution in [0.15, 0.2) is 48.5 Å². The molecule has 0 atom stereocenters. The Morgan fingerprint density at radius 3 is 2.71 bits per heavy atom. The van der Waals surface area contributed by atoms with Crippen molar-refractivity contribution in [2.75, 3.05) is 11.9 Å². The van der Waals surface area contributed by atoms with E-state index in [0.717, 1.165) is 33.5 Å². The standard InChI is InChI=1S/C21H20N6O2S2/c1-3-17-24-25-21-27(17)26-19(31-21)14-6-5-7-15(12-14)22-20(30)23-18(28)13-8-10-16(11-9-13)29-4-2/h5-12H,3-4H2,1-2H3,(H2,22,23,28,30). The van der Waals surface area contributed by atoms with Gasteiger partial charge < -0.3 is 10.1 Å². The summed E-state index contributed by atoms with van der Waals surface area (Å²) in [5.74, 6) is 1.25. The Kier molecular flexibility index (Phi) is 6.19. The maximum absolute atomic E-state index is 12.4. The number of hydrogen-bond donors (Lipinski definition) is 2. The van der Waals surface area contributed by atoms with Crippen molar-refractivity contribution < 1.29 is 9.53 Å². The van der Waals surface area contributed by atoms with Crippen LogP contribution in [0.1, 0.15) is 30.0 Å². The van der Waals surface area contributed by atoms with E-state index in [0.29, 0.717) is 17.9 Å². The van der Waals surface area contributed by atoms with Crippen molar-refractivity contribution in [3.05, 3.63) is 59.9 Å². The van der Waals surface area contributed by atoms with Gasteiger partial charge in [-0.15, -0.1) is 10.2 Å². The van der Waals surface area contributed by atoms with Crippen LogP contribution >= 0.6 is 23.6 Å². The monoisotopic (exact) mass is 452 g/mol. The number of benzene rings is 2. The van der Waals surface area contributed by atoms with Crippen molar-refractivity contribution >= 4 is 45.2 Å². The number of nitrogens with one attached hydrogen (secondary N) is 2. The molecule has 0 radical (unpaired) electrons. The fourth-order valence-corrected chi connectivity index (χ4v) is 4.00. The molecule has 1 amide bonds. The number of hydrogen-bond acceptors (Lipinski definition) is 7. The molecule has 4 aromatic rings. The Morgan fingerprint density at radius 1 is 1.16 bits per heavy atom. The molecule has 4 rings (SSSR count). The van der Waals surface area contributed by atoms with Gasteiger partial charge in [0.05, 0.1) is 6.61 Å². The van der Waals surface area contributed by atoms with E-state index in [1.54, 1.807) is 28.8 Å². The van der Waals surface area contributed by atoms with Crippen molar-refractivity contribution in [3.63, 3.8) is 0 Å². The van der Waals surface area contributed by atoms with Crippen molar-refractivity contribution in [2.45, 2.75) is 20.3 Å². The predicted octanol–water partition coefficient (Wildman–Crippen LogP) is 3.94. The van der Waals surface area contributed by atoms with Crippen molar-refractivity contribution in [1.82, 2.24) is 25.1 Å². The first-order chi connectivity index (χ1) is 15.1. The van der Waals surface area contributed by atoms with Crippen molar-refractivity contribution in [2.24, 2.45) is 0 Å². The van der Waals surface area contributed by atoms with Gasteiger partial charge in [0.25, 0.3) is 5.91 Å². The number of thiocarbonyl (C=S) groups is 1. The van der Waals surface area contributed by atoms with E-state index < -0.39 is 0 Å². The van der Waals surface area contributed by atoms with E-state index in [1.807, 2.05) is 38.1 Å². The number of aromatic nitrogens is 4. The summed E-state index contributed by atoms with van der Waals surface area (Å²) >= 11 is 6.77. The first-order valence-electron chi connectivity index (χ1n) is 9.74. The van der Waals surface area contributed by atoms with E-state index in [-0.39, 0.29) is 11.0 Å². The van der Waals surface area contributed by atoms with Gasteiger partial charge in [-0.05, 0) is 55.5 Å². The second-order valence-electron chi connectivity index (χ2n) is 6.52. The minimum Gasteiger partial charge on any atom is -0.494 e. The summed E-state index contributed by atoms with van der Waals surface area (Å²) in [5, 5.41) is 19.7. The summed E-state index contributed by atoms with van der Waals surface area (Å²) in [7, 11) is 0. The number of anilines is 1. The maximum atomic E-state index is 12.4. The Balaban J connectivity index is 1.43. The number of nitrogens with zero attached hydrogens (tertiary/aromatic N) is 4. The molecule has 2 heterocycles. The lowest BCUT2D eigenvalue weighted by atomic mass is 10.2. The normalized spacial score (nSPS) is 10.8. The van der Waals surface area contributed by atoms with Crippen LogP contribution in [0.2, 0.25) is 0 Å². The summed E-state index contributed by atoms with van der Waals surface area (Å²) in [6, 6.07) is 14.6. The zero-order chi connectivity index (χ0) is 21.8. The number of fused-ring (bicyclic) bond motifs is 1. The molecule has 0 aliphatic heterocycles. The van der Waals surface area contributed by atoms with E-state index in [4.69, 9.17) is 17.0 Å². The topological polar surface area (TPSA) is 93.4 Å². The largest absolute Gasteiger partial charge is 0.494 e. The van der Waals surface area contributed by atoms with Crippen LogP contribution in [0.25, 0.3) is 15.5 Å². The molecule has 0 bridgehead atoms. The minimum atomic E-state index is -0.294. The molecule has 0 saturated heterocycles. The van der Waals surface area contributed by atoms with Gasteiger partial charge >= 0.3 is 0 Å². The van der Waals surface area contributed by atoms with Crippen molar-refractivity contribution in [3.8, 4) is 16.3 Å². The number of carbonyl (C=O) groups is 1. The lowest BCUT2D eigenvalue weighted by Crippen LogP contribution is -2.34. The van der Waals surface area contributed by atoms with Crippen LogP contribution < -0.4 is 15.4 Å². The highest BCUT2D eigenvalue weighted by atomic mass is 32.1. The molecule has 0 fully saturated rings. The first-order valence-corrected chi connectivity index (χ1v) is 11.0. The molecule has 2 aromatic carbocycles. The third-order valence-electron chi connectivity index (χ3n) is 4.39. The molecule has 0 aliphatic rings. The van der Waals surface area contributed by atoms with Gasteiger partial charge in [0.1, 0.15) is 10.8 Å². The average molecular weight is 453 g/mol. The molecule has 0 saturated carbocycles. The first kappa shape index (κ1) is 20.9. The van der Waals surface area contributed by atoms with Gasteiger partial charge in [0.15, 0.2) is 10.9 Å². The Hall–Kier alpha value is -3.37. The molecule has 0 unspecified atom stereocenters. The molecule has 0 aliphatic carbocycles. The fourth-order valence-electron chi connectivity index (χ4n) is 2.93. The Morgan fingerprint density at radius 2 is 1.97 bits per heavy atom. The predicted molar refractivity (Wildman–Crippen MR) is 125 cm³/mol. The number of amides is 1. The van der Waals surface area contributed by atoms with E-state index >= 15 is 0 Å². The van der Waals surface area contributed by atoms with Crippen LogP contribution in [0.3, 0.4) is 0 Å². The zero-order valence-corrected chi connectivity index (χ0v) is 18.6. The summed E-state index contributed by atoms with van der Waals surface area (Å²) < 4.78 is 7.16. The van der Waals surface area contributed by atoms with E-state index in [1.165, 1.54) is 11.3 Å². The Bertz CT molecular complexity index is 1230. The van der Waals surface area contributed by atoms with E-state index in [2.05, 4.69) is 25.9 Å². The van der Waals surface area contributed by atoms with Gasteiger partial charge in [-0.1, -0.05) is 30.4 Å². The number of rotatable bonds is 6. The number of ether oxygens (including phenoxy) is 1. The summed E-state index contributed by atoms with van der Waals surface area (Å²) in [5.41, 5.74) is 2.16. The summed E-state index contributed by atoms with van der Waals surface area (Å²) in [6.45, 7) is 4.50. The molecule has 2 aromatic heterocycles. The second kappa shape index (κ2) is 9.19. The highest BCUT2D eigenvalue weighted by Crippen LogP contribution is 2.27. The van der Waals surface area contributed by atoms with Crippen LogP contribution in [0.5, 0.6) is 5.75 Å². The SMILES string of the molecule is CCOc1ccc(C(=O)NC(=S)Nc2cccc(-c3nn4c(CC)nnc4s3)c2)cc1. The van der Waals surface area contributed by atoms with Crippen LogP contribution in [-0.4, -0.2) is 37.4 Å². The number of carbonyl (C=O) groups excluding carboxylic acids is 1. The van der Waals surface area contributed by atoms with Crippen LogP contribution in [0.4, 0.5) is 5.69 Å². The van der Waals surface area contributed by atoms with Gasteiger partial charge in [-0.25, -0.2) is 0 Å². The number of aryl methyl sites for hydroxylation is 1. The fraction of sp³-hybridized carbons (Fsp3) is 0.190. The van der Waals surface area contributed by atoms with Gasteiger partial charge in [-0.2, -0.15) is 9.61 Å². The molecule has 10 heteroatoms. The van der Waals surface area contributed by atoms with Crippen molar-refractivity contribution in [1.29, 1.82) is 0 Å².